The van der Waals surface area contributed by atoms with Crippen LogP contribution >= 0.6 is 11.3 Å². The third-order valence-corrected chi connectivity index (χ3v) is 5.59. The summed E-state index contributed by atoms with van der Waals surface area (Å²) in [5.41, 5.74) is 2.68. The predicted molar refractivity (Wildman–Crippen MR) is 108 cm³/mol. The number of hydrogen-bond acceptors (Lipinski definition) is 6. The lowest BCUT2D eigenvalue weighted by Gasteiger charge is -2.24. The number of oxazole rings is 1. The lowest BCUT2D eigenvalue weighted by atomic mass is 10.1. The van der Waals surface area contributed by atoms with Crippen LogP contribution in [0.5, 0.6) is 0 Å². The first-order valence-electron chi connectivity index (χ1n) is 9.48. The van der Waals surface area contributed by atoms with Crippen molar-refractivity contribution in [3.05, 3.63) is 69.3 Å². The van der Waals surface area contributed by atoms with E-state index in [-0.39, 0.29) is 5.91 Å². The van der Waals surface area contributed by atoms with E-state index in [9.17, 15) is 4.79 Å². The molecule has 1 aromatic carbocycles. The number of rotatable bonds is 6. The average molecular weight is 397 g/mol. The van der Waals surface area contributed by atoms with Crippen molar-refractivity contribution in [3.8, 4) is 0 Å². The Morgan fingerprint density at radius 1 is 1.21 bits per heavy atom. The second kappa shape index (κ2) is 8.24. The molecule has 4 rings (SSSR count). The van der Waals surface area contributed by atoms with Gasteiger partial charge in [-0.15, -0.1) is 11.3 Å². The Balaban J connectivity index is 1.39. The van der Waals surface area contributed by atoms with E-state index in [0.717, 1.165) is 41.7 Å². The van der Waals surface area contributed by atoms with Crippen LogP contribution in [0.3, 0.4) is 0 Å². The topological polar surface area (TPSA) is 62.5 Å². The van der Waals surface area contributed by atoms with Gasteiger partial charge in [0.2, 0.25) is 0 Å². The van der Waals surface area contributed by atoms with Crippen LogP contribution in [-0.4, -0.2) is 46.3 Å². The molecule has 1 aliphatic heterocycles. The number of benzene rings is 1. The molecule has 7 heteroatoms. The summed E-state index contributed by atoms with van der Waals surface area (Å²) in [6.07, 6.45) is 2.37. The molecular formula is C21H24N4O2S. The molecule has 3 heterocycles. The van der Waals surface area contributed by atoms with Gasteiger partial charge < -0.3 is 14.2 Å². The summed E-state index contributed by atoms with van der Waals surface area (Å²) in [4.78, 5) is 25.8. The van der Waals surface area contributed by atoms with E-state index in [0.29, 0.717) is 25.2 Å². The summed E-state index contributed by atoms with van der Waals surface area (Å²) in [7, 11) is 3.99. The summed E-state index contributed by atoms with van der Waals surface area (Å²) in [5.74, 6) is 1.64. The van der Waals surface area contributed by atoms with E-state index < -0.39 is 0 Å². The molecule has 0 bridgehead atoms. The minimum Gasteiger partial charge on any atom is -0.445 e. The van der Waals surface area contributed by atoms with Crippen molar-refractivity contribution < 1.29 is 9.21 Å². The second-order valence-electron chi connectivity index (χ2n) is 7.30. The lowest BCUT2D eigenvalue weighted by Crippen LogP contribution is -2.36. The fourth-order valence-electron chi connectivity index (χ4n) is 3.34. The normalized spacial score (nSPS) is 13.8. The number of aryl methyl sites for hydroxylation is 2. The monoisotopic (exact) mass is 396 g/mol. The molecule has 0 fully saturated rings. The van der Waals surface area contributed by atoms with Crippen LogP contribution in [0.4, 0.5) is 0 Å². The number of hydrogen-bond donors (Lipinski definition) is 0. The van der Waals surface area contributed by atoms with E-state index in [4.69, 9.17) is 4.42 Å². The predicted octanol–water partition coefficient (Wildman–Crippen LogP) is 3.18. The van der Waals surface area contributed by atoms with Crippen molar-refractivity contribution in [2.45, 2.75) is 32.4 Å². The van der Waals surface area contributed by atoms with Crippen LogP contribution in [-0.2, 0) is 32.4 Å². The van der Waals surface area contributed by atoms with Gasteiger partial charge in [-0.05, 0) is 26.1 Å². The first-order chi connectivity index (χ1) is 13.6. The number of carbonyl (C=O) groups excluding carboxylic acids is 1. The van der Waals surface area contributed by atoms with Crippen LogP contribution in [0.15, 0.2) is 40.1 Å². The molecule has 6 nitrogen and oxygen atoms in total. The van der Waals surface area contributed by atoms with Crippen LogP contribution in [0.25, 0.3) is 0 Å². The Morgan fingerprint density at radius 2 is 2.04 bits per heavy atom. The summed E-state index contributed by atoms with van der Waals surface area (Å²) >= 11 is 1.53. The Kier molecular flexibility index (Phi) is 5.54. The van der Waals surface area contributed by atoms with E-state index in [1.807, 2.05) is 47.5 Å². The van der Waals surface area contributed by atoms with Gasteiger partial charge in [0.05, 0.1) is 6.54 Å². The Hall–Kier alpha value is -2.51. The standard InChI is InChI=1S/C21H24N4O2S/c1-24(2)13-20-23-17(14-28-20)21(26)25-11-10-18-16(12-25)22-19(27-18)9-8-15-6-4-3-5-7-15/h3-7,14H,8-13H2,1-2H3. The molecule has 0 spiro atoms. The van der Waals surface area contributed by atoms with Gasteiger partial charge in [-0.1, -0.05) is 30.3 Å². The quantitative estimate of drug-likeness (QED) is 0.640. The molecule has 146 valence electrons. The largest absolute Gasteiger partial charge is 0.445 e. The average Bonchev–Trinajstić information content (AvgIpc) is 3.32. The molecule has 1 amide bonds. The molecule has 0 saturated heterocycles. The molecule has 0 saturated carbocycles. The minimum atomic E-state index is -0.0271. The van der Waals surface area contributed by atoms with Crippen molar-refractivity contribution in [1.29, 1.82) is 0 Å². The molecule has 0 N–H and O–H groups in total. The van der Waals surface area contributed by atoms with Crippen molar-refractivity contribution in [1.82, 2.24) is 19.8 Å². The molecule has 0 radical (unpaired) electrons. The van der Waals surface area contributed by atoms with Gasteiger partial charge >= 0.3 is 0 Å². The number of amides is 1. The molecule has 0 unspecified atom stereocenters. The Morgan fingerprint density at radius 3 is 2.82 bits per heavy atom. The fraction of sp³-hybridized carbons (Fsp3) is 0.381. The van der Waals surface area contributed by atoms with Crippen molar-refractivity contribution in [2.75, 3.05) is 20.6 Å². The van der Waals surface area contributed by atoms with Gasteiger partial charge in [0.1, 0.15) is 22.2 Å². The van der Waals surface area contributed by atoms with Gasteiger partial charge in [0, 0.05) is 31.3 Å². The van der Waals surface area contributed by atoms with Crippen molar-refractivity contribution in [2.24, 2.45) is 0 Å². The zero-order chi connectivity index (χ0) is 19.5. The van der Waals surface area contributed by atoms with E-state index in [2.05, 4.69) is 22.1 Å². The Labute approximate surface area is 168 Å². The Bertz CT molecular complexity index is 948. The first kappa shape index (κ1) is 18.8. The van der Waals surface area contributed by atoms with E-state index in [1.54, 1.807) is 0 Å². The van der Waals surface area contributed by atoms with E-state index in [1.165, 1.54) is 16.9 Å². The zero-order valence-electron chi connectivity index (χ0n) is 16.2. The number of fused-ring (bicyclic) bond motifs is 1. The molecule has 28 heavy (non-hydrogen) atoms. The SMILES string of the molecule is CN(C)Cc1nc(C(=O)N2CCc3oc(CCc4ccccc4)nc3C2)cs1. The highest BCUT2D eigenvalue weighted by molar-refractivity contribution is 7.09. The highest BCUT2D eigenvalue weighted by Crippen LogP contribution is 2.23. The van der Waals surface area contributed by atoms with Gasteiger partial charge in [0.25, 0.3) is 5.91 Å². The fourth-order valence-corrected chi connectivity index (χ4v) is 4.23. The van der Waals surface area contributed by atoms with Gasteiger partial charge in [-0.2, -0.15) is 0 Å². The number of thiazole rings is 1. The van der Waals surface area contributed by atoms with Gasteiger partial charge in [-0.3, -0.25) is 4.79 Å². The molecule has 1 aliphatic rings. The first-order valence-corrected chi connectivity index (χ1v) is 10.4. The van der Waals surface area contributed by atoms with Crippen LogP contribution in [0.2, 0.25) is 0 Å². The van der Waals surface area contributed by atoms with Crippen LogP contribution < -0.4 is 0 Å². The minimum absolute atomic E-state index is 0.0271. The molecule has 0 aliphatic carbocycles. The maximum absolute atomic E-state index is 12.8. The molecule has 0 atom stereocenters. The van der Waals surface area contributed by atoms with Gasteiger partial charge in [-0.25, -0.2) is 9.97 Å². The van der Waals surface area contributed by atoms with Crippen LogP contribution in [0.1, 0.15) is 38.4 Å². The maximum atomic E-state index is 12.8. The number of nitrogens with zero attached hydrogens (tertiary/aromatic N) is 4. The lowest BCUT2D eigenvalue weighted by molar-refractivity contribution is 0.0722. The molecular weight excluding hydrogens is 372 g/mol. The number of carbonyl (C=O) groups is 1. The maximum Gasteiger partial charge on any atom is 0.273 e. The van der Waals surface area contributed by atoms with E-state index >= 15 is 0 Å². The van der Waals surface area contributed by atoms with Gasteiger partial charge in [0.15, 0.2) is 5.89 Å². The van der Waals surface area contributed by atoms with Crippen LogP contribution in [0, 0.1) is 0 Å². The third-order valence-electron chi connectivity index (χ3n) is 4.75. The highest BCUT2D eigenvalue weighted by Gasteiger charge is 2.27. The molecule has 3 aromatic rings. The van der Waals surface area contributed by atoms with Crippen molar-refractivity contribution >= 4 is 17.2 Å². The summed E-state index contributed by atoms with van der Waals surface area (Å²) in [6, 6.07) is 10.3. The second-order valence-corrected chi connectivity index (χ2v) is 8.25. The summed E-state index contributed by atoms with van der Waals surface area (Å²) < 4.78 is 5.94. The number of aromatic nitrogens is 2. The zero-order valence-corrected chi connectivity index (χ0v) is 17.0. The smallest absolute Gasteiger partial charge is 0.273 e. The molecule has 2 aromatic heterocycles. The van der Waals surface area contributed by atoms with Crippen molar-refractivity contribution in [3.63, 3.8) is 0 Å². The summed E-state index contributed by atoms with van der Waals surface area (Å²) in [6.45, 7) is 1.87. The highest BCUT2D eigenvalue weighted by atomic mass is 32.1. The summed E-state index contributed by atoms with van der Waals surface area (Å²) in [5, 5.41) is 2.81. The third kappa shape index (κ3) is 4.31.